The number of ether oxygens (including phenoxy) is 2. The molecule has 0 aliphatic rings. The van der Waals surface area contributed by atoms with Gasteiger partial charge < -0.3 is 13.9 Å². The summed E-state index contributed by atoms with van der Waals surface area (Å²) in [4.78, 5) is 12.4. The molecule has 0 aliphatic carbocycles. The van der Waals surface area contributed by atoms with Gasteiger partial charge in [-0.1, -0.05) is 6.07 Å². The van der Waals surface area contributed by atoms with Crippen molar-refractivity contribution in [3.05, 3.63) is 64.0 Å². The fourth-order valence-corrected chi connectivity index (χ4v) is 2.82. The highest BCUT2D eigenvalue weighted by Crippen LogP contribution is 2.29. The van der Waals surface area contributed by atoms with E-state index in [1.165, 1.54) is 12.1 Å². The molecular formula is C20H22N4O5. The van der Waals surface area contributed by atoms with Crippen LogP contribution in [-0.4, -0.2) is 41.3 Å². The summed E-state index contributed by atoms with van der Waals surface area (Å²) >= 11 is 0. The lowest BCUT2D eigenvalue weighted by molar-refractivity contribution is -0.384. The average molecular weight is 398 g/mol. The Morgan fingerprint density at radius 2 is 1.86 bits per heavy atom. The molecule has 0 amide bonds. The van der Waals surface area contributed by atoms with Crippen LogP contribution in [0.25, 0.3) is 11.5 Å². The Kier molecular flexibility index (Phi) is 6.08. The van der Waals surface area contributed by atoms with Gasteiger partial charge in [0.25, 0.3) is 5.69 Å². The zero-order valence-electron chi connectivity index (χ0n) is 16.7. The van der Waals surface area contributed by atoms with Crippen LogP contribution in [0.15, 0.2) is 46.9 Å². The van der Waals surface area contributed by atoms with Crippen molar-refractivity contribution in [3.63, 3.8) is 0 Å². The molecule has 1 atom stereocenters. The molecule has 0 unspecified atom stereocenters. The third kappa shape index (κ3) is 4.52. The zero-order chi connectivity index (χ0) is 21.0. The van der Waals surface area contributed by atoms with E-state index in [1.807, 2.05) is 32.2 Å². The van der Waals surface area contributed by atoms with Crippen LogP contribution in [0.2, 0.25) is 0 Å². The van der Waals surface area contributed by atoms with E-state index in [9.17, 15) is 10.1 Å². The van der Waals surface area contributed by atoms with Crippen LogP contribution in [0.3, 0.4) is 0 Å². The Bertz CT molecular complexity index is 987. The van der Waals surface area contributed by atoms with Crippen molar-refractivity contribution in [3.8, 4) is 23.0 Å². The van der Waals surface area contributed by atoms with Crippen molar-refractivity contribution in [1.82, 2.24) is 15.1 Å². The van der Waals surface area contributed by atoms with Gasteiger partial charge in [-0.3, -0.25) is 15.0 Å². The Hall–Kier alpha value is -3.46. The average Bonchev–Trinajstić information content (AvgIpc) is 3.23. The van der Waals surface area contributed by atoms with Crippen LogP contribution in [-0.2, 0) is 6.54 Å². The van der Waals surface area contributed by atoms with Crippen LogP contribution in [0.1, 0.15) is 24.4 Å². The van der Waals surface area contributed by atoms with Crippen molar-refractivity contribution in [2.24, 2.45) is 0 Å². The van der Waals surface area contributed by atoms with E-state index in [-0.39, 0.29) is 11.7 Å². The molecule has 9 heteroatoms. The predicted octanol–water partition coefficient (Wildman–Crippen LogP) is 3.86. The largest absolute Gasteiger partial charge is 0.497 e. The summed E-state index contributed by atoms with van der Waals surface area (Å²) in [6.07, 6.45) is 0. The van der Waals surface area contributed by atoms with Gasteiger partial charge in [0.1, 0.15) is 11.5 Å². The molecule has 0 fully saturated rings. The molecule has 2 aromatic carbocycles. The van der Waals surface area contributed by atoms with E-state index in [2.05, 4.69) is 15.1 Å². The third-order valence-electron chi connectivity index (χ3n) is 4.70. The number of rotatable bonds is 8. The summed E-state index contributed by atoms with van der Waals surface area (Å²) in [7, 11) is 5.18. The summed E-state index contributed by atoms with van der Waals surface area (Å²) in [5.41, 5.74) is 1.63. The highest BCUT2D eigenvalue weighted by molar-refractivity contribution is 5.55. The predicted molar refractivity (Wildman–Crippen MR) is 106 cm³/mol. The molecule has 152 valence electrons. The number of nitrogens with zero attached hydrogens (tertiary/aromatic N) is 4. The molecule has 0 aliphatic heterocycles. The van der Waals surface area contributed by atoms with Gasteiger partial charge in [-0.15, -0.1) is 10.2 Å². The molecule has 0 radical (unpaired) electrons. The minimum atomic E-state index is -0.451. The standard InChI is InChI=1S/C20H22N4O5/c1-13(23(2)12-15-7-10-17(27-3)11-18(15)28-4)19-21-22-20(29-19)14-5-8-16(9-6-14)24(25)26/h5-11,13H,12H2,1-4H3/t13-/m0/s1. The van der Waals surface area contributed by atoms with Crippen LogP contribution in [0.5, 0.6) is 11.5 Å². The van der Waals surface area contributed by atoms with Gasteiger partial charge in [-0.05, 0) is 32.2 Å². The van der Waals surface area contributed by atoms with Gasteiger partial charge in [-0.2, -0.15) is 0 Å². The minimum absolute atomic E-state index is 0.00929. The Morgan fingerprint density at radius 3 is 2.48 bits per heavy atom. The van der Waals surface area contributed by atoms with Gasteiger partial charge in [0, 0.05) is 35.9 Å². The van der Waals surface area contributed by atoms with E-state index in [0.29, 0.717) is 23.9 Å². The van der Waals surface area contributed by atoms with E-state index in [1.54, 1.807) is 26.4 Å². The summed E-state index contributed by atoms with van der Waals surface area (Å²) in [6, 6.07) is 11.5. The maximum absolute atomic E-state index is 10.8. The molecule has 1 aromatic heterocycles. The number of hydrogen-bond acceptors (Lipinski definition) is 8. The molecular weight excluding hydrogens is 376 g/mol. The monoisotopic (exact) mass is 398 g/mol. The lowest BCUT2D eigenvalue weighted by atomic mass is 10.1. The summed E-state index contributed by atoms with van der Waals surface area (Å²) in [5, 5.41) is 19.0. The second kappa shape index (κ2) is 8.70. The Morgan fingerprint density at radius 1 is 1.14 bits per heavy atom. The molecule has 9 nitrogen and oxygen atoms in total. The molecule has 29 heavy (non-hydrogen) atoms. The van der Waals surface area contributed by atoms with Crippen molar-refractivity contribution in [2.75, 3.05) is 21.3 Å². The van der Waals surface area contributed by atoms with Crippen LogP contribution >= 0.6 is 0 Å². The highest BCUT2D eigenvalue weighted by atomic mass is 16.6. The summed E-state index contributed by atoms with van der Waals surface area (Å²) in [5.74, 6) is 2.23. The fraction of sp³-hybridized carbons (Fsp3) is 0.300. The van der Waals surface area contributed by atoms with Crippen LogP contribution < -0.4 is 9.47 Å². The summed E-state index contributed by atoms with van der Waals surface area (Å²) < 4.78 is 16.5. The third-order valence-corrected chi connectivity index (χ3v) is 4.70. The number of hydrogen-bond donors (Lipinski definition) is 0. The molecule has 0 bridgehead atoms. The second-order valence-corrected chi connectivity index (χ2v) is 6.52. The SMILES string of the molecule is COc1ccc(CN(C)[C@@H](C)c2nnc(-c3ccc([N+](=O)[O-])cc3)o2)c(OC)c1. The Labute approximate surface area is 168 Å². The van der Waals surface area contributed by atoms with E-state index in [0.717, 1.165) is 17.1 Å². The van der Waals surface area contributed by atoms with E-state index < -0.39 is 4.92 Å². The second-order valence-electron chi connectivity index (χ2n) is 6.52. The first-order valence-corrected chi connectivity index (χ1v) is 8.92. The van der Waals surface area contributed by atoms with Crippen LogP contribution in [0, 0.1) is 10.1 Å². The first-order chi connectivity index (χ1) is 13.9. The Balaban J connectivity index is 1.74. The maximum Gasteiger partial charge on any atom is 0.269 e. The zero-order valence-corrected chi connectivity index (χ0v) is 16.7. The van der Waals surface area contributed by atoms with Crippen molar-refractivity contribution in [2.45, 2.75) is 19.5 Å². The normalized spacial score (nSPS) is 12.0. The lowest BCUT2D eigenvalue weighted by Gasteiger charge is -2.23. The van der Waals surface area contributed by atoms with Gasteiger partial charge in [0.15, 0.2) is 0 Å². The topological polar surface area (TPSA) is 104 Å². The number of aromatic nitrogens is 2. The fourth-order valence-electron chi connectivity index (χ4n) is 2.82. The molecule has 1 heterocycles. The van der Waals surface area contributed by atoms with Crippen LogP contribution in [0.4, 0.5) is 5.69 Å². The molecule has 0 saturated carbocycles. The highest BCUT2D eigenvalue weighted by Gasteiger charge is 2.21. The maximum atomic E-state index is 10.8. The quantitative estimate of drug-likeness (QED) is 0.416. The van der Waals surface area contributed by atoms with Crippen molar-refractivity contribution in [1.29, 1.82) is 0 Å². The minimum Gasteiger partial charge on any atom is -0.497 e. The number of methoxy groups -OCH3 is 2. The van der Waals surface area contributed by atoms with Gasteiger partial charge in [-0.25, -0.2) is 0 Å². The number of nitro groups is 1. The van der Waals surface area contributed by atoms with E-state index in [4.69, 9.17) is 13.9 Å². The molecule has 3 rings (SSSR count). The summed E-state index contributed by atoms with van der Waals surface area (Å²) in [6.45, 7) is 2.56. The van der Waals surface area contributed by atoms with Crippen molar-refractivity contribution >= 4 is 5.69 Å². The molecule has 0 N–H and O–H groups in total. The molecule has 0 spiro atoms. The van der Waals surface area contributed by atoms with Gasteiger partial charge >= 0.3 is 0 Å². The smallest absolute Gasteiger partial charge is 0.269 e. The van der Waals surface area contributed by atoms with Crippen molar-refractivity contribution < 1.29 is 18.8 Å². The lowest BCUT2D eigenvalue weighted by Crippen LogP contribution is -2.22. The first kappa shape index (κ1) is 20.3. The molecule has 0 saturated heterocycles. The van der Waals surface area contributed by atoms with Gasteiger partial charge in [0.2, 0.25) is 11.8 Å². The first-order valence-electron chi connectivity index (χ1n) is 8.92. The number of nitro benzene ring substituents is 1. The van der Waals surface area contributed by atoms with Gasteiger partial charge in [0.05, 0.1) is 25.2 Å². The number of non-ortho nitro benzene ring substituents is 1. The number of benzene rings is 2. The van der Waals surface area contributed by atoms with E-state index >= 15 is 0 Å². The molecule has 3 aromatic rings.